The number of amides is 1. The molecule has 1 aliphatic heterocycles. The number of thiol groups is 1. The summed E-state index contributed by atoms with van der Waals surface area (Å²) in [5, 5.41) is 0. The molecule has 1 amide bonds. The van der Waals surface area contributed by atoms with Gasteiger partial charge < -0.3 is 14.4 Å². The number of likely N-dealkylation sites (tertiary alicyclic amines) is 1. The van der Waals surface area contributed by atoms with Crippen molar-refractivity contribution in [3.8, 4) is 0 Å². The van der Waals surface area contributed by atoms with Gasteiger partial charge in [0.05, 0.1) is 13.2 Å². The number of ether oxygens (including phenoxy) is 2. The van der Waals surface area contributed by atoms with Crippen molar-refractivity contribution in [1.29, 1.82) is 0 Å². The van der Waals surface area contributed by atoms with Crippen LogP contribution in [-0.2, 0) is 19.1 Å². The Morgan fingerprint density at radius 3 is 2.55 bits per heavy atom. The van der Waals surface area contributed by atoms with Crippen molar-refractivity contribution < 1.29 is 19.1 Å². The summed E-state index contributed by atoms with van der Waals surface area (Å²) in [6, 6.07) is -0.468. The fourth-order valence-corrected chi connectivity index (χ4v) is 2.83. The van der Waals surface area contributed by atoms with E-state index >= 15 is 0 Å². The van der Waals surface area contributed by atoms with E-state index in [-0.39, 0.29) is 18.6 Å². The van der Waals surface area contributed by atoms with Crippen LogP contribution in [0.2, 0.25) is 0 Å². The fraction of sp³-hybridized carbons (Fsp3) is 0.857. The molecule has 0 saturated carbocycles. The Morgan fingerprint density at radius 1 is 1.35 bits per heavy atom. The number of esters is 1. The highest BCUT2D eigenvalue weighted by atomic mass is 32.3. The second-order valence-corrected chi connectivity index (χ2v) is 15.7. The molecule has 1 unspecified atom stereocenters. The lowest BCUT2D eigenvalue weighted by atomic mass is 10.2. The fourth-order valence-electron chi connectivity index (χ4n) is 1.97. The molecule has 0 aromatic heterocycles. The van der Waals surface area contributed by atoms with Crippen molar-refractivity contribution in [1.82, 2.24) is 4.90 Å². The van der Waals surface area contributed by atoms with E-state index in [2.05, 4.69) is 25.0 Å². The van der Waals surface area contributed by atoms with Crippen molar-refractivity contribution >= 4 is 21.0 Å². The molecule has 20 heavy (non-hydrogen) atoms. The summed E-state index contributed by atoms with van der Waals surface area (Å²) in [6.45, 7) is 2.92. The Kier molecular flexibility index (Phi) is 5.49. The zero-order valence-corrected chi connectivity index (χ0v) is 14.2. The molecule has 6 heteroatoms. The van der Waals surface area contributed by atoms with E-state index in [0.717, 1.165) is 5.75 Å². The van der Waals surface area contributed by atoms with E-state index in [9.17, 15) is 9.59 Å². The molecule has 0 aromatic rings. The maximum Gasteiger partial charge on any atom is 0.328 e. The number of hydrogen-bond acceptors (Lipinski definition) is 4. The maximum atomic E-state index is 11.8. The summed E-state index contributed by atoms with van der Waals surface area (Å²) >= 11 is 0. The molecule has 1 saturated heterocycles. The lowest BCUT2D eigenvalue weighted by Crippen LogP contribution is -2.41. The molecule has 0 radical (unpaired) electrons. The molecule has 120 valence electrons. The number of rotatable bonds is 7. The van der Waals surface area contributed by atoms with E-state index in [0.29, 0.717) is 26.1 Å². The van der Waals surface area contributed by atoms with Gasteiger partial charge in [-0.3, -0.25) is 14.0 Å². The summed E-state index contributed by atoms with van der Waals surface area (Å²) in [7, 11) is -1.58. The zero-order chi connectivity index (χ0) is 15.4. The van der Waals surface area contributed by atoms with Gasteiger partial charge in [-0.1, -0.05) is 0 Å². The van der Waals surface area contributed by atoms with Crippen molar-refractivity contribution in [3.63, 3.8) is 0 Å². The molecule has 5 nitrogen and oxygen atoms in total. The molecule has 1 aliphatic rings. The minimum Gasteiger partial charge on any atom is -0.464 e. The second-order valence-electron chi connectivity index (χ2n) is 7.38. The topological polar surface area (TPSA) is 55.8 Å². The molecule has 1 rings (SSSR count). The third-order valence-electron chi connectivity index (χ3n) is 3.25. The first-order valence-corrected chi connectivity index (χ1v) is 11.3. The van der Waals surface area contributed by atoms with Crippen LogP contribution in [0.25, 0.3) is 0 Å². The molecule has 0 aromatic carbocycles. The van der Waals surface area contributed by atoms with Crippen LogP contribution in [-0.4, -0.2) is 73.5 Å². The zero-order valence-electron chi connectivity index (χ0n) is 13.3. The molecule has 0 N–H and O–H groups in total. The average Bonchev–Trinajstić information content (AvgIpc) is 2.64. The number of nitrogens with zero attached hydrogens (tertiary/aromatic N) is 1. The third-order valence-corrected chi connectivity index (χ3v) is 5.22. The quantitative estimate of drug-likeness (QED) is 0.435. The van der Waals surface area contributed by atoms with Gasteiger partial charge in [-0.15, -0.1) is 0 Å². The van der Waals surface area contributed by atoms with Gasteiger partial charge >= 0.3 is 5.97 Å². The molecule has 0 spiro atoms. The average molecular weight is 307 g/mol. The predicted molar refractivity (Wildman–Crippen MR) is 84.9 cm³/mol. The van der Waals surface area contributed by atoms with Gasteiger partial charge in [0.15, 0.2) is 0 Å². The molecular formula is C14H29NO4S. The Labute approximate surface area is 122 Å². The van der Waals surface area contributed by atoms with Crippen molar-refractivity contribution in [2.75, 3.05) is 50.7 Å². The monoisotopic (exact) mass is 307 g/mol. The summed E-state index contributed by atoms with van der Waals surface area (Å²) < 4.78 is 10.6. The lowest BCUT2D eigenvalue weighted by molar-refractivity contribution is -0.154. The Bertz CT molecular complexity index is 366. The van der Waals surface area contributed by atoms with Crippen LogP contribution >= 0.6 is 9.16 Å². The van der Waals surface area contributed by atoms with E-state index < -0.39 is 15.2 Å². The van der Waals surface area contributed by atoms with Crippen LogP contribution in [0.5, 0.6) is 0 Å². The predicted octanol–water partition coefficient (Wildman–Crippen LogP) is 1.11. The molecule has 0 bridgehead atoms. The van der Waals surface area contributed by atoms with Gasteiger partial charge in [0.1, 0.15) is 12.8 Å². The third kappa shape index (κ3) is 5.71. The van der Waals surface area contributed by atoms with Gasteiger partial charge in [-0.25, -0.2) is 4.79 Å². The van der Waals surface area contributed by atoms with Crippen LogP contribution < -0.4 is 0 Å². The smallest absolute Gasteiger partial charge is 0.328 e. The summed E-state index contributed by atoms with van der Waals surface area (Å²) in [5.41, 5.74) is 0. The molecule has 0 aliphatic carbocycles. The van der Waals surface area contributed by atoms with Crippen molar-refractivity contribution in [2.24, 2.45) is 0 Å². The van der Waals surface area contributed by atoms with Gasteiger partial charge in [0.2, 0.25) is 5.91 Å². The van der Waals surface area contributed by atoms with Crippen LogP contribution in [0.15, 0.2) is 0 Å². The maximum absolute atomic E-state index is 11.8. The molecule has 1 heterocycles. The van der Waals surface area contributed by atoms with Gasteiger partial charge in [-0.2, -0.15) is 0 Å². The Balaban J connectivity index is 2.44. The molecular weight excluding hydrogens is 278 g/mol. The van der Waals surface area contributed by atoms with Crippen LogP contribution in [0, 0.1) is 0 Å². The number of carbonyl (C=O) groups excluding carboxylic acids is 2. The highest BCUT2D eigenvalue weighted by Crippen LogP contribution is 2.54. The number of carbonyl (C=O) groups is 2. The normalized spacial score (nSPS) is 21.6. The standard InChI is InChI=1S/C14H29NO4S/c1-6-19-14(17)12-7-8-13(16)15(12)11-18-9-10-20(2,3,4)5/h12,20H,6-11H2,1-5H3. The van der Waals surface area contributed by atoms with E-state index in [4.69, 9.17) is 9.47 Å². The van der Waals surface area contributed by atoms with E-state index in [1.807, 2.05) is 0 Å². The molecule has 1 atom stereocenters. The first-order valence-electron chi connectivity index (χ1n) is 7.14. The van der Waals surface area contributed by atoms with E-state index in [1.54, 1.807) is 6.92 Å². The summed E-state index contributed by atoms with van der Waals surface area (Å²) in [6.07, 6.45) is 10.1. The summed E-state index contributed by atoms with van der Waals surface area (Å²) in [5.74, 6) is 0.664. The van der Waals surface area contributed by atoms with Crippen molar-refractivity contribution in [2.45, 2.75) is 25.8 Å². The lowest BCUT2D eigenvalue weighted by Gasteiger charge is -2.46. The first kappa shape index (κ1) is 17.3. The second kappa shape index (κ2) is 6.35. The van der Waals surface area contributed by atoms with Gasteiger partial charge in [0, 0.05) is 6.42 Å². The van der Waals surface area contributed by atoms with Crippen LogP contribution in [0.4, 0.5) is 0 Å². The largest absolute Gasteiger partial charge is 0.464 e. The summed E-state index contributed by atoms with van der Waals surface area (Å²) in [4.78, 5) is 25.1. The van der Waals surface area contributed by atoms with Gasteiger partial charge in [-0.05, 0) is 44.1 Å². The van der Waals surface area contributed by atoms with E-state index in [1.165, 1.54) is 4.90 Å². The highest BCUT2D eigenvalue weighted by Gasteiger charge is 2.37. The van der Waals surface area contributed by atoms with Crippen LogP contribution in [0.3, 0.4) is 0 Å². The Morgan fingerprint density at radius 2 is 2.00 bits per heavy atom. The minimum atomic E-state index is -1.58. The van der Waals surface area contributed by atoms with Crippen LogP contribution in [0.1, 0.15) is 19.8 Å². The molecule has 1 fully saturated rings. The SMILES string of the molecule is CCOC(=O)C1CCC(=O)N1COCC[SH](C)(C)(C)C. The highest BCUT2D eigenvalue weighted by molar-refractivity contribution is 8.47. The van der Waals surface area contributed by atoms with Gasteiger partial charge in [0.25, 0.3) is 0 Å². The Hall–Kier alpha value is -0.750. The number of hydrogen-bond donors (Lipinski definition) is 1. The first-order chi connectivity index (χ1) is 9.10. The minimum absolute atomic E-state index is 0.0264. The van der Waals surface area contributed by atoms with Crippen molar-refractivity contribution in [3.05, 3.63) is 0 Å².